The van der Waals surface area contributed by atoms with Gasteiger partial charge in [0.25, 0.3) is 0 Å². The molecular weight excluding hydrogens is 159 g/mol. The average molecular weight is 176 g/mol. The Labute approximate surface area is 72.3 Å². The standard InChI is InChI=1S/C8H17FN2O/c9-4-8(12)6-11-3-1-2-7(11)5-10/h7-8,12H,1-6,10H2. The fourth-order valence-corrected chi connectivity index (χ4v) is 1.72. The number of rotatable bonds is 4. The zero-order chi connectivity index (χ0) is 8.97. The maximum atomic E-state index is 12.0. The summed E-state index contributed by atoms with van der Waals surface area (Å²) in [5.74, 6) is 0. The molecule has 12 heavy (non-hydrogen) atoms. The molecule has 72 valence electrons. The molecule has 1 fully saturated rings. The molecule has 4 heteroatoms. The van der Waals surface area contributed by atoms with E-state index in [0.717, 1.165) is 19.4 Å². The number of hydrogen-bond acceptors (Lipinski definition) is 3. The molecule has 1 aliphatic heterocycles. The van der Waals surface area contributed by atoms with Crippen LogP contribution < -0.4 is 5.73 Å². The molecule has 0 saturated carbocycles. The first-order chi connectivity index (χ1) is 5.77. The monoisotopic (exact) mass is 176 g/mol. The van der Waals surface area contributed by atoms with Crippen molar-refractivity contribution in [3.8, 4) is 0 Å². The van der Waals surface area contributed by atoms with Crippen molar-refractivity contribution in [3.63, 3.8) is 0 Å². The molecule has 0 aromatic rings. The van der Waals surface area contributed by atoms with Crippen LogP contribution in [-0.4, -0.2) is 48.5 Å². The Morgan fingerprint density at radius 3 is 3.00 bits per heavy atom. The van der Waals surface area contributed by atoms with Crippen molar-refractivity contribution in [1.29, 1.82) is 0 Å². The van der Waals surface area contributed by atoms with Gasteiger partial charge in [-0.05, 0) is 19.4 Å². The molecule has 0 bridgehead atoms. The minimum absolute atomic E-state index is 0.353. The number of nitrogens with zero attached hydrogens (tertiary/aromatic N) is 1. The van der Waals surface area contributed by atoms with E-state index in [1.807, 2.05) is 0 Å². The molecule has 3 nitrogen and oxygen atoms in total. The highest BCUT2D eigenvalue weighted by molar-refractivity contribution is 4.81. The van der Waals surface area contributed by atoms with E-state index in [2.05, 4.69) is 4.90 Å². The van der Waals surface area contributed by atoms with Gasteiger partial charge in [-0.3, -0.25) is 4.90 Å². The fourth-order valence-electron chi connectivity index (χ4n) is 1.72. The molecule has 1 saturated heterocycles. The van der Waals surface area contributed by atoms with E-state index in [4.69, 9.17) is 10.8 Å². The number of aliphatic hydroxyl groups excluding tert-OH is 1. The molecule has 2 atom stereocenters. The third-order valence-corrected chi connectivity index (χ3v) is 2.39. The maximum Gasteiger partial charge on any atom is 0.117 e. The van der Waals surface area contributed by atoms with Gasteiger partial charge in [0, 0.05) is 19.1 Å². The van der Waals surface area contributed by atoms with Gasteiger partial charge >= 0.3 is 0 Å². The van der Waals surface area contributed by atoms with Crippen molar-refractivity contribution in [1.82, 2.24) is 4.90 Å². The average Bonchev–Trinajstić information content (AvgIpc) is 2.51. The molecule has 0 spiro atoms. The van der Waals surface area contributed by atoms with Crippen molar-refractivity contribution >= 4 is 0 Å². The van der Waals surface area contributed by atoms with Gasteiger partial charge in [-0.15, -0.1) is 0 Å². The number of β-amino-alcohol motifs (C(OH)–C–C–N with tert-alkyl or cyclic N) is 1. The van der Waals surface area contributed by atoms with Crippen LogP contribution in [0.25, 0.3) is 0 Å². The smallest absolute Gasteiger partial charge is 0.117 e. The van der Waals surface area contributed by atoms with Gasteiger partial charge in [0.1, 0.15) is 6.67 Å². The summed E-state index contributed by atoms with van der Waals surface area (Å²) in [5.41, 5.74) is 5.52. The summed E-state index contributed by atoms with van der Waals surface area (Å²) in [6.45, 7) is 1.32. The Hall–Kier alpha value is -0.190. The number of hydrogen-bond donors (Lipinski definition) is 2. The molecule has 1 heterocycles. The number of aliphatic hydroxyl groups is 1. The van der Waals surface area contributed by atoms with Gasteiger partial charge in [-0.1, -0.05) is 0 Å². The van der Waals surface area contributed by atoms with Crippen LogP contribution in [0.2, 0.25) is 0 Å². The number of alkyl halides is 1. The number of halogens is 1. The Morgan fingerprint density at radius 1 is 1.67 bits per heavy atom. The van der Waals surface area contributed by atoms with Crippen molar-refractivity contribution in [2.45, 2.75) is 25.0 Å². The van der Waals surface area contributed by atoms with Crippen molar-refractivity contribution in [2.75, 3.05) is 26.3 Å². The van der Waals surface area contributed by atoms with E-state index in [-0.39, 0.29) is 0 Å². The highest BCUT2D eigenvalue weighted by Gasteiger charge is 2.24. The van der Waals surface area contributed by atoms with Gasteiger partial charge < -0.3 is 10.8 Å². The largest absolute Gasteiger partial charge is 0.389 e. The summed E-state index contributed by atoms with van der Waals surface area (Å²) in [5, 5.41) is 9.07. The minimum atomic E-state index is -0.836. The fraction of sp³-hybridized carbons (Fsp3) is 1.00. The van der Waals surface area contributed by atoms with E-state index >= 15 is 0 Å². The highest BCUT2D eigenvalue weighted by Crippen LogP contribution is 2.15. The molecule has 3 N–H and O–H groups in total. The van der Waals surface area contributed by atoms with Crippen LogP contribution in [0.3, 0.4) is 0 Å². The number of nitrogens with two attached hydrogens (primary N) is 1. The predicted octanol–water partition coefficient (Wildman–Crippen LogP) is -0.260. The molecule has 1 aliphatic rings. The molecular formula is C8H17FN2O. The Morgan fingerprint density at radius 2 is 2.42 bits per heavy atom. The van der Waals surface area contributed by atoms with Gasteiger partial charge in [0.05, 0.1) is 6.10 Å². The summed E-state index contributed by atoms with van der Waals surface area (Å²) in [7, 11) is 0. The van der Waals surface area contributed by atoms with E-state index in [9.17, 15) is 4.39 Å². The van der Waals surface area contributed by atoms with Gasteiger partial charge in [0.2, 0.25) is 0 Å². The molecule has 0 aromatic heterocycles. The van der Waals surface area contributed by atoms with E-state index < -0.39 is 12.8 Å². The molecule has 0 aliphatic carbocycles. The lowest BCUT2D eigenvalue weighted by Gasteiger charge is -2.24. The van der Waals surface area contributed by atoms with Crippen LogP contribution in [0, 0.1) is 0 Å². The van der Waals surface area contributed by atoms with E-state index in [1.54, 1.807) is 0 Å². The highest BCUT2D eigenvalue weighted by atomic mass is 19.1. The summed E-state index contributed by atoms with van der Waals surface area (Å²) in [6.07, 6.45) is 1.35. The molecule has 0 aromatic carbocycles. The zero-order valence-corrected chi connectivity index (χ0v) is 7.25. The quantitative estimate of drug-likeness (QED) is 0.620. The van der Waals surface area contributed by atoms with E-state index in [0.29, 0.717) is 19.1 Å². The Bertz CT molecular complexity index is 134. The SMILES string of the molecule is NCC1CCCN1CC(O)CF. The topological polar surface area (TPSA) is 49.5 Å². The zero-order valence-electron chi connectivity index (χ0n) is 7.25. The van der Waals surface area contributed by atoms with Crippen LogP contribution in [-0.2, 0) is 0 Å². The Balaban J connectivity index is 2.30. The van der Waals surface area contributed by atoms with Crippen LogP contribution in [0.1, 0.15) is 12.8 Å². The number of likely N-dealkylation sites (tertiary alicyclic amines) is 1. The minimum Gasteiger partial charge on any atom is -0.389 e. The van der Waals surface area contributed by atoms with Crippen molar-refractivity contribution in [2.24, 2.45) is 5.73 Å². The van der Waals surface area contributed by atoms with Crippen molar-refractivity contribution < 1.29 is 9.50 Å². The van der Waals surface area contributed by atoms with Crippen LogP contribution in [0.15, 0.2) is 0 Å². The molecule has 1 rings (SSSR count). The summed E-state index contributed by atoms with van der Waals surface area (Å²) >= 11 is 0. The first-order valence-electron chi connectivity index (χ1n) is 4.46. The first-order valence-corrected chi connectivity index (χ1v) is 4.46. The van der Waals surface area contributed by atoms with Crippen molar-refractivity contribution in [3.05, 3.63) is 0 Å². The Kier molecular flexibility index (Phi) is 3.91. The van der Waals surface area contributed by atoms with Gasteiger partial charge in [-0.2, -0.15) is 0 Å². The van der Waals surface area contributed by atoms with E-state index in [1.165, 1.54) is 0 Å². The third kappa shape index (κ3) is 2.40. The van der Waals surface area contributed by atoms with Crippen LogP contribution >= 0.6 is 0 Å². The molecule has 0 radical (unpaired) electrons. The normalized spacial score (nSPS) is 27.8. The molecule has 2 unspecified atom stereocenters. The second kappa shape index (κ2) is 4.74. The van der Waals surface area contributed by atoms with Gasteiger partial charge in [0.15, 0.2) is 0 Å². The predicted molar refractivity (Wildman–Crippen MR) is 45.6 cm³/mol. The van der Waals surface area contributed by atoms with Crippen LogP contribution in [0.4, 0.5) is 4.39 Å². The second-order valence-electron chi connectivity index (χ2n) is 3.33. The molecule has 0 amide bonds. The third-order valence-electron chi connectivity index (χ3n) is 2.39. The van der Waals surface area contributed by atoms with Gasteiger partial charge in [-0.25, -0.2) is 4.39 Å². The lowest BCUT2D eigenvalue weighted by molar-refractivity contribution is 0.0856. The first kappa shape index (κ1) is 9.89. The second-order valence-corrected chi connectivity index (χ2v) is 3.33. The maximum absolute atomic E-state index is 12.0. The summed E-state index contributed by atoms with van der Waals surface area (Å²) < 4.78 is 12.0. The summed E-state index contributed by atoms with van der Waals surface area (Å²) in [6, 6.07) is 0.353. The van der Waals surface area contributed by atoms with Crippen LogP contribution in [0.5, 0.6) is 0 Å². The lowest BCUT2D eigenvalue weighted by Crippen LogP contribution is -2.40. The lowest BCUT2D eigenvalue weighted by atomic mass is 10.2. The summed E-state index contributed by atoms with van der Waals surface area (Å²) in [4.78, 5) is 2.07.